The number of ketones is 1. The lowest BCUT2D eigenvalue weighted by Gasteiger charge is -2.07. The van der Waals surface area contributed by atoms with Crippen LogP contribution in [-0.4, -0.2) is 5.78 Å². The lowest BCUT2D eigenvalue weighted by atomic mass is 9.97. The Hall–Kier alpha value is -1.11. The normalized spacial score (nSPS) is 12.4. The smallest absolute Gasteiger partial charge is 0.162 e. The Kier molecular flexibility index (Phi) is 5.24. The molecule has 0 amide bonds. The fraction of sp³-hybridized carbons (Fsp3) is 0.533. The van der Waals surface area contributed by atoms with Gasteiger partial charge < -0.3 is 0 Å². The Bertz CT molecular complexity index is 324. The second-order valence-electron chi connectivity index (χ2n) is 4.53. The molecule has 0 saturated heterocycles. The van der Waals surface area contributed by atoms with Gasteiger partial charge in [0, 0.05) is 12.0 Å². The van der Waals surface area contributed by atoms with E-state index in [0.29, 0.717) is 12.3 Å². The van der Waals surface area contributed by atoms with Crippen LogP contribution in [0.4, 0.5) is 0 Å². The maximum atomic E-state index is 11.9. The Balaban J connectivity index is 2.52. The van der Waals surface area contributed by atoms with Crippen LogP contribution in [0.25, 0.3) is 0 Å². The Morgan fingerprint density at radius 1 is 1.19 bits per heavy atom. The van der Waals surface area contributed by atoms with E-state index in [1.54, 1.807) is 0 Å². The van der Waals surface area contributed by atoms with E-state index in [4.69, 9.17) is 0 Å². The first kappa shape index (κ1) is 13.0. The largest absolute Gasteiger partial charge is 0.294 e. The Morgan fingerprint density at radius 3 is 2.31 bits per heavy atom. The number of hydrogen-bond donors (Lipinski definition) is 0. The molecule has 0 aliphatic carbocycles. The van der Waals surface area contributed by atoms with Crippen molar-refractivity contribution in [2.24, 2.45) is 5.92 Å². The summed E-state index contributed by atoms with van der Waals surface area (Å²) in [5.74, 6) is 0.932. The number of benzene rings is 1. The van der Waals surface area contributed by atoms with Crippen molar-refractivity contribution in [3.8, 4) is 0 Å². The van der Waals surface area contributed by atoms with Crippen molar-refractivity contribution in [3.05, 3.63) is 35.4 Å². The van der Waals surface area contributed by atoms with Crippen LogP contribution >= 0.6 is 0 Å². The first-order chi connectivity index (χ1) is 7.67. The predicted molar refractivity (Wildman–Crippen MR) is 68.8 cm³/mol. The van der Waals surface area contributed by atoms with Gasteiger partial charge in [0.2, 0.25) is 0 Å². The van der Waals surface area contributed by atoms with Crippen molar-refractivity contribution < 1.29 is 4.79 Å². The minimum atomic E-state index is 0.281. The standard InChI is InChI=1S/C15H22O/c1-4-12(3)6-11-15(16)14-9-7-13(5-2)8-10-14/h7-10,12H,4-6,11H2,1-3H3/t12-/m0/s1. The molecule has 0 aliphatic rings. The van der Waals surface area contributed by atoms with Crippen molar-refractivity contribution in [1.82, 2.24) is 0 Å². The highest BCUT2D eigenvalue weighted by molar-refractivity contribution is 5.96. The van der Waals surface area contributed by atoms with Crippen LogP contribution in [0.3, 0.4) is 0 Å². The third kappa shape index (κ3) is 3.80. The quantitative estimate of drug-likeness (QED) is 0.652. The minimum absolute atomic E-state index is 0.281. The molecule has 0 aliphatic heterocycles. The first-order valence-corrected chi connectivity index (χ1v) is 6.29. The zero-order chi connectivity index (χ0) is 12.0. The molecule has 0 spiro atoms. The molecule has 0 unspecified atom stereocenters. The second kappa shape index (κ2) is 6.47. The van der Waals surface area contributed by atoms with E-state index in [9.17, 15) is 4.79 Å². The molecule has 0 radical (unpaired) electrons. The fourth-order valence-electron chi connectivity index (χ4n) is 1.65. The van der Waals surface area contributed by atoms with E-state index in [1.165, 1.54) is 5.56 Å². The molecule has 1 rings (SSSR count). The highest BCUT2D eigenvalue weighted by Crippen LogP contribution is 2.13. The second-order valence-corrected chi connectivity index (χ2v) is 4.53. The van der Waals surface area contributed by atoms with Gasteiger partial charge in [-0.25, -0.2) is 0 Å². The summed E-state index contributed by atoms with van der Waals surface area (Å²) in [5, 5.41) is 0. The first-order valence-electron chi connectivity index (χ1n) is 6.29. The van der Waals surface area contributed by atoms with E-state index in [2.05, 4.69) is 32.9 Å². The number of aryl methyl sites for hydroxylation is 1. The summed E-state index contributed by atoms with van der Waals surface area (Å²) in [6.07, 6.45) is 3.87. The molecule has 0 heterocycles. The van der Waals surface area contributed by atoms with E-state index in [1.807, 2.05) is 12.1 Å². The summed E-state index contributed by atoms with van der Waals surface area (Å²) in [7, 11) is 0. The molecule has 1 atom stereocenters. The lowest BCUT2D eigenvalue weighted by molar-refractivity contribution is 0.0974. The zero-order valence-electron chi connectivity index (χ0n) is 10.6. The van der Waals surface area contributed by atoms with Crippen molar-refractivity contribution in [3.63, 3.8) is 0 Å². The molecule has 0 N–H and O–H groups in total. The number of hydrogen-bond acceptors (Lipinski definition) is 1. The molecular formula is C15H22O. The summed E-state index contributed by atoms with van der Waals surface area (Å²) in [5.41, 5.74) is 2.15. The Labute approximate surface area is 98.9 Å². The highest BCUT2D eigenvalue weighted by Gasteiger charge is 2.07. The molecule has 0 saturated carbocycles. The third-order valence-electron chi connectivity index (χ3n) is 3.25. The van der Waals surface area contributed by atoms with Gasteiger partial charge in [-0.3, -0.25) is 4.79 Å². The van der Waals surface area contributed by atoms with Crippen molar-refractivity contribution in [1.29, 1.82) is 0 Å². The monoisotopic (exact) mass is 218 g/mol. The number of carbonyl (C=O) groups excluding carboxylic acids is 1. The molecule has 16 heavy (non-hydrogen) atoms. The van der Waals surface area contributed by atoms with E-state index in [-0.39, 0.29) is 5.78 Å². The average molecular weight is 218 g/mol. The molecule has 1 aromatic carbocycles. The summed E-state index contributed by atoms with van der Waals surface area (Å²) in [6, 6.07) is 8.02. The van der Waals surface area contributed by atoms with E-state index >= 15 is 0 Å². The van der Waals surface area contributed by atoms with Crippen molar-refractivity contribution >= 4 is 5.78 Å². The van der Waals surface area contributed by atoms with Crippen LogP contribution in [0.15, 0.2) is 24.3 Å². The number of rotatable bonds is 6. The van der Waals surface area contributed by atoms with Gasteiger partial charge in [0.05, 0.1) is 0 Å². The molecule has 0 aromatic heterocycles. The highest BCUT2D eigenvalue weighted by atomic mass is 16.1. The fourth-order valence-corrected chi connectivity index (χ4v) is 1.65. The van der Waals surface area contributed by atoms with Gasteiger partial charge in [-0.15, -0.1) is 0 Å². The molecule has 0 fully saturated rings. The van der Waals surface area contributed by atoms with E-state index < -0.39 is 0 Å². The SMILES string of the molecule is CCc1ccc(C(=O)CC[C@@H](C)CC)cc1. The number of carbonyl (C=O) groups is 1. The number of Topliss-reactive ketones (excluding diaryl/α,β-unsaturated/α-hetero) is 1. The van der Waals surface area contributed by atoms with Crippen LogP contribution in [-0.2, 0) is 6.42 Å². The maximum Gasteiger partial charge on any atom is 0.162 e. The van der Waals surface area contributed by atoms with Crippen LogP contribution in [0, 0.1) is 5.92 Å². The zero-order valence-corrected chi connectivity index (χ0v) is 10.6. The summed E-state index contributed by atoms with van der Waals surface area (Å²) in [4.78, 5) is 11.9. The van der Waals surface area contributed by atoms with Crippen molar-refractivity contribution in [2.45, 2.75) is 46.5 Å². The van der Waals surface area contributed by atoms with Crippen LogP contribution < -0.4 is 0 Å². The summed E-state index contributed by atoms with van der Waals surface area (Å²) in [6.45, 7) is 6.50. The van der Waals surface area contributed by atoms with Crippen LogP contribution in [0.1, 0.15) is 56.0 Å². The minimum Gasteiger partial charge on any atom is -0.294 e. The van der Waals surface area contributed by atoms with Gasteiger partial charge in [-0.1, -0.05) is 51.5 Å². The van der Waals surface area contributed by atoms with Crippen molar-refractivity contribution in [2.75, 3.05) is 0 Å². The maximum absolute atomic E-state index is 11.9. The van der Waals surface area contributed by atoms with Gasteiger partial charge in [0.15, 0.2) is 5.78 Å². The van der Waals surface area contributed by atoms with Gasteiger partial charge in [0.1, 0.15) is 0 Å². The van der Waals surface area contributed by atoms with Gasteiger partial charge in [-0.2, -0.15) is 0 Å². The van der Waals surface area contributed by atoms with Crippen LogP contribution in [0.2, 0.25) is 0 Å². The topological polar surface area (TPSA) is 17.1 Å². The molecule has 1 aromatic rings. The molecule has 1 nitrogen and oxygen atoms in total. The van der Waals surface area contributed by atoms with Gasteiger partial charge in [0.25, 0.3) is 0 Å². The summed E-state index contributed by atoms with van der Waals surface area (Å²) < 4.78 is 0. The predicted octanol–water partition coefficient (Wildman–Crippen LogP) is 4.26. The molecular weight excluding hydrogens is 196 g/mol. The van der Waals surface area contributed by atoms with Crippen LogP contribution in [0.5, 0.6) is 0 Å². The Morgan fingerprint density at radius 2 is 1.81 bits per heavy atom. The summed E-state index contributed by atoms with van der Waals surface area (Å²) >= 11 is 0. The lowest BCUT2D eigenvalue weighted by Crippen LogP contribution is -2.02. The van der Waals surface area contributed by atoms with Gasteiger partial charge in [-0.05, 0) is 24.3 Å². The molecule has 0 bridgehead atoms. The third-order valence-corrected chi connectivity index (χ3v) is 3.25. The molecule has 88 valence electrons. The van der Waals surface area contributed by atoms with Gasteiger partial charge >= 0.3 is 0 Å². The average Bonchev–Trinajstić information content (AvgIpc) is 2.35. The molecule has 1 heteroatoms. The van der Waals surface area contributed by atoms with E-state index in [0.717, 1.165) is 24.8 Å².